The summed E-state index contributed by atoms with van der Waals surface area (Å²) in [5, 5.41) is 0.580. The molecule has 1 aliphatic heterocycles. The highest BCUT2D eigenvalue weighted by atomic mass is 35.5. The number of ether oxygens (including phenoxy) is 1. The van der Waals surface area contributed by atoms with Crippen LogP contribution in [0.25, 0.3) is 6.08 Å². The summed E-state index contributed by atoms with van der Waals surface area (Å²) >= 11 is 6.17. The normalized spacial score (nSPS) is 18.6. The van der Waals surface area contributed by atoms with E-state index in [0.717, 1.165) is 30.8 Å². The smallest absolute Gasteiger partial charge is 0.161 e. The van der Waals surface area contributed by atoms with E-state index < -0.39 is 0 Å². The van der Waals surface area contributed by atoms with Crippen LogP contribution in [-0.2, 0) is 4.79 Å². The van der Waals surface area contributed by atoms with E-state index in [4.69, 9.17) is 16.3 Å². The second-order valence-electron chi connectivity index (χ2n) is 4.83. The maximum Gasteiger partial charge on any atom is 0.161 e. The predicted octanol–water partition coefficient (Wildman–Crippen LogP) is 3.42. The molecule has 0 radical (unpaired) electrons. The molecule has 0 N–H and O–H groups in total. The average molecular weight is 294 g/mol. The Morgan fingerprint density at radius 3 is 2.85 bits per heavy atom. The SMILES string of the molecule is CCOc1ccc(/C=C2\CN(CC)CCC2=O)cc1Cl. The molecule has 0 aromatic heterocycles. The first-order valence-electron chi connectivity index (χ1n) is 7.02. The van der Waals surface area contributed by atoms with Gasteiger partial charge >= 0.3 is 0 Å². The van der Waals surface area contributed by atoms with Gasteiger partial charge < -0.3 is 4.74 Å². The number of ketones is 1. The average Bonchev–Trinajstić information content (AvgIpc) is 2.44. The van der Waals surface area contributed by atoms with Gasteiger partial charge in [-0.15, -0.1) is 0 Å². The van der Waals surface area contributed by atoms with Crippen LogP contribution >= 0.6 is 11.6 Å². The maximum atomic E-state index is 12.0. The van der Waals surface area contributed by atoms with Gasteiger partial charge in [0.1, 0.15) is 5.75 Å². The van der Waals surface area contributed by atoms with Crippen LogP contribution in [0, 0.1) is 0 Å². The number of likely N-dealkylation sites (tertiary alicyclic amines) is 1. The summed E-state index contributed by atoms with van der Waals surface area (Å²) in [7, 11) is 0. The zero-order chi connectivity index (χ0) is 14.5. The zero-order valence-corrected chi connectivity index (χ0v) is 12.7. The highest BCUT2D eigenvalue weighted by molar-refractivity contribution is 6.32. The van der Waals surface area contributed by atoms with Crippen molar-refractivity contribution in [3.63, 3.8) is 0 Å². The highest BCUT2D eigenvalue weighted by Crippen LogP contribution is 2.27. The van der Waals surface area contributed by atoms with Crippen molar-refractivity contribution in [1.29, 1.82) is 0 Å². The van der Waals surface area contributed by atoms with Gasteiger partial charge in [-0.2, -0.15) is 0 Å². The number of likely N-dealkylation sites (N-methyl/N-ethyl adjacent to an activating group) is 1. The van der Waals surface area contributed by atoms with Crippen molar-refractivity contribution in [2.45, 2.75) is 20.3 Å². The van der Waals surface area contributed by atoms with Crippen LogP contribution in [0.2, 0.25) is 5.02 Å². The maximum absolute atomic E-state index is 12.0. The van der Waals surface area contributed by atoms with Gasteiger partial charge in [-0.25, -0.2) is 0 Å². The van der Waals surface area contributed by atoms with Crippen molar-refractivity contribution < 1.29 is 9.53 Å². The number of rotatable bonds is 4. The second kappa shape index (κ2) is 6.91. The van der Waals surface area contributed by atoms with Crippen LogP contribution in [-0.4, -0.2) is 36.9 Å². The molecule has 0 aliphatic carbocycles. The van der Waals surface area contributed by atoms with Crippen LogP contribution < -0.4 is 4.74 Å². The molecule has 0 unspecified atom stereocenters. The molecule has 1 heterocycles. The Morgan fingerprint density at radius 1 is 1.40 bits per heavy atom. The Balaban J connectivity index is 2.20. The molecule has 20 heavy (non-hydrogen) atoms. The Kier molecular flexibility index (Phi) is 5.21. The Morgan fingerprint density at radius 2 is 2.20 bits per heavy atom. The summed E-state index contributed by atoms with van der Waals surface area (Å²) in [6.45, 7) is 7.17. The van der Waals surface area contributed by atoms with Crippen molar-refractivity contribution in [1.82, 2.24) is 4.90 Å². The van der Waals surface area contributed by atoms with Crippen LogP contribution in [0.15, 0.2) is 23.8 Å². The lowest BCUT2D eigenvalue weighted by Gasteiger charge is -2.26. The number of nitrogens with zero attached hydrogens (tertiary/aromatic N) is 1. The molecule has 1 aliphatic rings. The van der Waals surface area contributed by atoms with Crippen LogP contribution in [0.3, 0.4) is 0 Å². The molecular weight excluding hydrogens is 274 g/mol. The highest BCUT2D eigenvalue weighted by Gasteiger charge is 2.20. The number of hydrogen-bond acceptors (Lipinski definition) is 3. The fourth-order valence-corrected chi connectivity index (χ4v) is 2.55. The Bertz CT molecular complexity index is 525. The van der Waals surface area contributed by atoms with E-state index in [1.807, 2.05) is 31.2 Å². The van der Waals surface area contributed by atoms with Gasteiger partial charge in [-0.05, 0) is 37.2 Å². The van der Waals surface area contributed by atoms with Crippen LogP contribution in [0.1, 0.15) is 25.8 Å². The number of halogens is 1. The van der Waals surface area contributed by atoms with Gasteiger partial charge in [-0.1, -0.05) is 24.6 Å². The largest absolute Gasteiger partial charge is 0.492 e. The van der Waals surface area contributed by atoms with Crippen molar-refractivity contribution in [3.8, 4) is 5.75 Å². The van der Waals surface area contributed by atoms with Gasteiger partial charge in [0.05, 0.1) is 11.6 Å². The molecule has 2 rings (SSSR count). The van der Waals surface area contributed by atoms with E-state index in [9.17, 15) is 4.79 Å². The second-order valence-corrected chi connectivity index (χ2v) is 5.24. The van der Waals surface area contributed by atoms with E-state index in [1.54, 1.807) is 0 Å². The fourth-order valence-electron chi connectivity index (χ4n) is 2.31. The molecule has 0 saturated carbocycles. The van der Waals surface area contributed by atoms with E-state index in [2.05, 4.69) is 11.8 Å². The summed E-state index contributed by atoms with van der Waals surface area (Å²) in [4.78, 5) is 14.2. The molecule has 3 nitrogen and oxygen atoms in total. The number of carbonyl (C=O) groups is 1. The molecular formula is C16H20ClNO2. The van der Waals surface area contributed by atoms with Gasteiger partial charge in [0.15, 0.2) is 5.78 Å². The van der Waals surface area contributed by atoms with Crippen molar-refractivity contribution >= 4 is 23.5 Å². The number of benzene rings is 1. The van der Waals surface area contributed by atoms with Gasteiger partial charge in [0.25, 0.3) is 0 Å². The first-order chi connectivity index (χ1) is 9.63. The van der Waals surface area contributed by atoms with Crippen molar-refractivity contribution in [3.05, 3.63) is 34.4 Å². The molecule has 0 atom stereocenters. The minimum atomic E-state index is 0.236. The molecule has 0 amide bonds. The first-order valence-corrected chi connectivity index (χ1v) is 7.40. The zero-order valence-electron chi connectivity index (χ0n) is 12.0. The van der Waals surface area contributed by atoms with E-state index in [1.165, 1.54) is 0 Å². The molecule has 1 fully saturated rings. The third-order valence-corrected chi connectivity index (χ3v) is 3.75. The quantitative estimate of drug-likeness (QED) is 0.797. The standard InChI is InChI=1S/C16H20ClNO2/c1-3-18-8-7-15(19)13(11-18)9-12-5-6-16(20-4-2)14(17)10-12/h5-6,9-10H,3-4,7-8,11H2,1-2H3/b13-9+. The summed E-state index contributed by atoms with van der Waals surface area (Å²) < 4.78 is 5.41. The lowest BCUT2D eigenvalue weighted by molar-refractivity contribution is -0.117. The minimum Gasteiger partial charge on any atom is -0.492 e. The third kappa shape index (κ3) is 3.62. The minimum absolute atomic E-state index is 0.236. The van der Waals surface area contributed by atoms with Gasteiger partial charge in [0.2, 0.25) is 0 Å². The van der Waals surface area contributed by atoms with E-state index in [0.29, 0.717) is 23.8 Å². The molecule has 4 heteroatoms. The molecule has 0 spiro atoms. The van der Waals surface area contributed by atoms with E-state index in [-0.39, 0.29) is 5.78 Å². The molecule has 108 valence electrons. The van der Waals surface area contributed by atoms with Crippen LogP contribution in [0.4, 0.5) is 0 Å². The number of carbonyl (C=O) groups excluding carboxylic acids is 1. The molecule has 0 bridgehead atoms. The van der Waals surface area contributed by atoms with Gasteiger partial charge in [-0.3, -0.25) is 9.69 Å². The lowest BCUT2D eigenvalue weighted by atomic mass is 10.0. The molecule has 1 aromatic carbocycles. The summed E-state index contributed by atoms with van der Waals surface area (Å²) in [6, 6.07) is 5.63. The summed E-state index contributed by atoms with van der Waals surface area (Å²) in [6.07, 6.45) is 2.54. The Labute approximate surface area is 125 Å². The summed E-state index contributed by atoms with van der Waals surface area (Å²) in [5.74, 6) is 0.918. The van der Waals surface area contributed by atoms with Crippen molar-refractivity contribution in [2.75, 3.05) is 26.2 Å². The number of piperidine rings is 1. The number of Topliss-reactive ketones (excluding diaryl/α,β-unsaturated/α-hetero) is 1. The van der Waals surface area contributed by atoms with Crippen molar-refractivity contribution in [2.24, 2.45) is 0 Å². The first kappa shape index (κ1) is 15.1. The van der Waals surface area contributed by atoms with E-state index >= 15 is 0 Å². The Hall–Kier alpha value is -1.32. The van der Waals surface area contributed by atoms with Crippen LogP contribution in [0.5, 0.6) is 5.75 Å². The monoisotopic (exact) mass is 293 g/mol. The third-order valence-electron chi connectivity index (χ3n) is 3.45. The fraction of sp³-hybridized carbons (Fsp3) is 0.438. The topological polar surface area (TPSA) is 29.5 Å². The van der Waals surface area contributed by atoms with Gasteiger partial charge in [0, 0.05) is 25.1 Å². The predicted molar refractivity (Wildman–Crippen MR) is 82.3 cm³/mol. The molecule has 1 saturated heterocycles. The summed E-state index contributed by atoms with van der Waals surface area (Å²) in [5.41, 5.74) is 1.80. The lowest BCUT2D eigenvalue weighted by Crippen LogP contribution is -2.35. The molecule has 1 aromatic rings. The number of hydrogen-bond donors (Lipinski definition) is 0.